The van der Waals surface area contributed by atoms with E-state index in [1.165, 1.54) is 0 Å². The predicted molar refractivity (Wildman–Crippen MR) is 73.0 cm³/mol. The summed E-state index contributed by atoms with van der Waals surface area (Å²) < 4.78 is 0. The molecule has 0 saturated carbocycles. The van der Waals surface area contributed by atoms with Crippen molar-refractivity contribution in [2.24, 2.45) is 11.5 Å². The average Bonchev–Trinajstić information content (AvgIpc) is 1.94. The minimum atomic E-state index is -0.833. The maximum absolute atomic E-state index is 9.00. The third-order valence-corrected chi connectivity index (χ3v) is 0. The molecule has 0 aliphatic carbocycles. The van der Waals surface area contributed by atoms with Crippen LogP contribution in [0.3, 0.4) is 0 Å². The first-order chi connectivity index (χ1) is 8.66. The zero-order chi connectivity index (χ0) is 17.9. The molecule has 0 aromatic carbocycles. The fourth-order valence-corrected chi connectivity index (χ4v) is 0. The minimum Gasteiger partial charge on any atom is -1.00 e. The molecule has 0 aliphatic heterocycles. The van der Waals surface area contributed by atoms with Crippen LogP contribution < -0.4 is 70.6 Å². The van der Waals surface area contributed by atoms with Gasteiger partial charge in [0.1, 0.15) is 0 Å². The predicted octanol–water partition coefficient (Wildman–Crippen LogP) is -6.03. The van der Waals surface area contributed by atoms with Crippen molar-refractivity contribution in [2.45, 2.75) is 27.7 Å². The zero-order valence-electron chi connectivity index (χ0n) is 15.8. The van der Waals surface area contributed by atoms with E-state index in [4.69, 9.17) is 51.1 Å². The van der Waals surface area contributed by atoms with Gasteiger partial charge in [-0.1, -0.05) is 6.58 Å². The van der Waals surface area contributed by atoms with Crippen molar-refractivity contribution in [3.63, 3.8) is 0 Å². The Balaban J connectivity index is -0.0000000161. The number of carboxylic acids is 4. The van der Waals surface area contributed by atoms with E-state index in [1.54, 1.807) is 0 Å². The van der Waals surface area contributed by atoms with Crippen LogP contribution in [0.2, 0.25) is 0 Å². The molecule has 0 fully saturated rings. The van der Waals surface area contributed by atoms with Crippen LogP contribution in [0.25, 0.3) is 0 Å². The van der Waals surface area contributed by atoms with E-state index >= 15 is 0 Å². The van der Waals surface area contributed by atoms with Gasteiger partial charge in [-0.25, -0.2) is 0 Å². The van der Waals surface area contributed by atoms with Crippen LogP contribution in [0.1, 0.15) is 30.5 Å². The van der Waals surface area contributed by atoms with E-state index in [0.717, 1.165) is 27.7 Å². The third kappa shape index (κ3) is 10500. The molecule has 0 atom stereocenters. The number of hydrogen-bond donors (Lipinski definition) is 6. The molecule has 0 aromatic rings. The van der Waals surface area contributed by atoms with Gasteiger partial charge >= 0.3 is 59.1 Å². The van der Waals surface area contributed by atoms with E-state index in [-0.39, 0.29) is 67.8 Å². The molecule has 8 N–H and O–H groups in total. The van der Waals surface area contributed by atoms with Gasteiger partial charge in [-0.05, 0) is 0 Å². The molecule has 0 aromatic heterocycles. The van der Waals surface area contributed by atoms with Gasteiger partial charge < -0.3 is 34.7 Å². The van der Waals surface area contributed by atoms with Crippen molar-refractivity contribution < 1.29 is 102 Å². The van der Waals surface area contributed by atoms with E-state index < -0.39 is 23.9 Å². The first-order valence-corrected chi connectivity index (χ1v) is 4.64. The molecule has 10 nitrogen and oxygen atoms in total. The van der Waals surface area contributed by atoms with Crippen LogP contribution >= 0.6 is 0 Å². The van der Waals surface area contributed by atoms with Crippen LogP contribution in [-0.4, -0.2) is 44.3 Å². The molecule has 0 saturated heterocycles. The summed E-state index contributed by atoms with van der Waals surface area (Å²) in [6.07, 6.45) is 0. The maximum atomic E-state index is 9.00. The molecule has 0 rings (SSSR count). The van der Waals surface area contributed by atoms with Crippen LogP contribution in [0, 0.1) is 0 Å². The molecule has 0 radical (unpaired) electrons. The van der Waals surface area contributed by atoms with Crippen molar-refractivity contribution in [2.75, 3.05) is 0 Å². The number of rotatable bonds is 0. The smallest absolute Gasteiger partial charge is 1.00 e. The topological polar surface area (TPSA) is 201 Å². The first-order valence-electron chi connectivity index (χ1n) is 4.64. The van der Waals surface area contributed by atoms with Gasteiger partial charge in [-0.15, -0.1) is 0 Å². The Bertz CT molecular complexity index is 232. The van der Waals surface area contributed by atoms with Crippen LogP contribution in [0.4, 0.5) is 0 Å². The summed E-state index contributed by atoms with van der Waals surface area (Å²) in [6.45, 7) is 7.44. The SMILES string of the molecule is C=C(N)N.CC(=O)O.CC(=O)O.CC(=O)O.CC(=O)O.[H-].[H-].[Na+].[Na+]. The summed E-state index contributed by atoms with van der Waals surface area (Å²) in [4.78, 5) is 36.0. The van der Waals surface area contributed by atoms with Crippen molar-refractivity contribution in [1.82, 2.24) is 0 Å². The molecule has 22 heavy (non-hydrogen) atoms. The molecule has 12 heteroatoms. The summed E-state index contributed by atoms with van der Waals surface area (Å²) in [7, 11) is 0. The number of carboxylic acid groups (broad SMARTS) is 4. The van der Waals surface area contributed by atoms with E-state index in [2.05, 4.69) is 6.58 Å². The molecular formula is C10H24N2Na2O8. The number of carbonyl (C=O) groups is 4. The molecular weight excluding hydrogens is 322 g/mol. The van der Waals surface area contributed by atoms with Crippen molar-refractivity contribution in [1.29, 1.82) is 0 Å². The maximum Gasteiger partial charge on any atom is 1.00 e. The van der Waals surface area contributed by atoms with Gasteiger partial charge in [0.25, 0.3) is 23.9 Å². The largest absolute Gasteiger partial charge is 1.00 e. The normalized spacial score (nSPS) is 5.64. The second-order valence-corrected chi connectivity index (χ2v) is 2.65. The molecule has 0 spiro atoms. The minimum absolute atomic E-state index is 0. The number of hydrogen-bond acceptors (Lipinski definition) is 6. The molecule has 0 aliphatic rings. The Morgan fingerprint density at radius 2 is 0.682 bits per heavy atom. The molecule has 0 unspecified atom stereocenters. The Hall–Kier alpha value is -0.780. The monoisotopic (exact) mass is 346 g/mol. The zero-order valence-corrected chi connectivity index (χ0v) is 17.8. The Kier molecular flexibility index (Phi) is 72.0. The van der Waals surface area contributed by atoms with Gasteiger partial charge in [0.15, 0.2) is 0 Å². The Labute approximate surface area is 176 Å². The van der Waals surface area contributed by atoms with Gasteiger partial charge in [0.2, 0.25) is 0 Å². The Morgan fingerprint density at radius 1 is 0.682 bits per heavy atom. The quantitative estimate of drug-likeness (QED) is 0.229. The second-order valence-electron chi connectivity index (χ2n) is 2.65. The fraction of sp³-hybridized carbons (Fsp3) is 0.400. The van der Waals surface area contributed by atoms with E-state index in [0.29, 0.717) is 0 Å². The summed E-state index contributed by atoms with van der Waals surface area (Å²) in [5.41, 5.74) is 9.39. The van der Waals surface area contributed by atoms with Gasteiger partial charge in [0, 0.05) is 27.7 Å². The molecule has 0 amide bonds. The van der Waals surface area contributed by atoms with Gasteiger partial charge in [-0.3, -0.25) is 19.2 Å². The van der Waals surface area contributed by atoms with Crippen molar-refractivity contribution in [3.05, 3.63) is 12.4 Å². The van der Waals surface area contributed by atoms with Crippen LogP contribution in [0.15, 0.2) is 12.4 Å². The first kappa shape index (κ1) is 42.9. The van der Waals surface area contributed by atoms with Crippen LogP contribution in [0.5, 0.6) is 0 Å². The standard InChI is InChI=1S/C2H6N2.4C2H4O2.2Na.2H/c5*1-2(3)4;;;;/h1,3-4H2;4*1H3,(H,3,4);;;;/q;;;;;2*+1;2*-1. The molecule has 0 heterocycles. The van der Waals surface area contributed by atoms with Crippen molar-refractivity contribution >= 4 is 23.9 Å². The van der Waals surface area contributed by atoms with E-state index in [9.17, 15) is 0 Å². The summed E-state index contributed by atoms with van der Waals surface area (Å²) in [5.74, 6) is -3.17. The average molecular weight is 346 g/mol. The van der Waals surface area contributed by atoms with Gasteiger partial charge in [0.05, 0.1) is 5.82 Å². The Morgan fingerprint density at radius 3 is 0.682 bits per heavy atom. The molecule has 124 valence electrons. The fourth-order valence-electron chi connectivity index (χ4n) is 0. The third-order valence-electron chi connectivity index (χ3n) is 0. The van der Waals surface area contributed by atoms with E-state index in [1.807, 2.05) is 0 Å². The number of aliphatic carboxylic acids is 4. The van der Waals surface area contributed by atoms with Crippen molar-refractivity contribution in [3.8, 4) is 0 Å². The van der Waals surface area contributed by atoms with Crippen LogP contribution in [-0.2, 0) is 19.2 Å². The van der Waals surface area contributed by atoms with Gasteiger partial charge in [-0.2, -0.15) is 0 Å². The summed E-state index contributed by atoms with van der Waals surface area (Å²) in [5, 5.41) is 29.7. The molecule has 0 bridgehead atoms. The second kappa shape index (κ2) is 36.9. The summed E-state index contributed by atoms with van der Waals surface area (Å²) in [6, 6.07) is 0. The summed E-state index contributed by atoms with van der Waals surface area (Å²) >= 11 is 0. The number of nitrogens with two attached hydrogens (primary N) is 2.